The Bertz CT molecular complexity index is 282. The first-order valence-corrected chi connectivity index (χ1v) is 4.19. The maximum atomic E-state index is 5.04. The molecule has 0 amide bonds. The zero-order valence-electron chi connectivity index (χ0n) is 6.15. The summed E-state index contributed by atoms with van der Waals surface area (Å²) in [5, 5.41) is 1.78. The third-order valence-electron chi connectivity index (χ3n) is 1.61. The SMILES string of the molecule is CON1C=Cc2ncsc2C1. The molecule has 0 fully saturated rings. The highest BCUT2D eigenvalue weighted by Crippen LogP contribution is 2.21. The van der Waals surface area contributed by atoms with Crippen molar-refractivity contribution in [3.05, 3.63) is 22.3 Å². The second-order valence-corrected chi connectivity index (χ2v) is 3.17. The molecule has 1 aromatic rings. The number of aromatic nitrogens is 1. The highest BCUT2D eigenvalue weighted by Gasteiger charge is 2.11. The van der Waals surface area contributed by atoms with Gasteiger partial charge in [-0.1, -0.05) is 0 Å². The molecule has 0 spiro atoms. The largest absolute Gasteiger partial charge is 0.277 e. The number of hydrogen-bond donors (Lipinski definition) is 0. The van der Waals surface area contributed by atoms with Gasteiger partial charge in [-0.25, -0.2) is 4.98 Å². The van der Waals surface area contributed by atoms with E-state index in [0.29, 0.717) is 0 Å². The first-order valence-electron chi connectivity index (χ1n) is 3.31. The van der Waals surface area contributed by atoms with Gasteiger partial charge in [0.1, 0.15) is 0 Å². The van der Waals surface area contributed by atoms with Crippen molar-refractivity contribution < 1.29 is 4.84 Å². The van der Waals surface area contributed by atoms with Gasteiger partial charge in [0, 0.05) is 6.20 Å². The Kier molecular flexibility index (Phi) is 1.63. The topological polar surface area (TPSA) is 25.4 Å². The molecule has 2 heterocycles. The van der Waals surface area contributed by atoms with Crippen LogP contribution in [0.5, 0.6) is 0 Å². The number of rotatable bonds is 1. The molecular formula is C7H8N2OS. The zero-order chi connectivity index (χ0) is 7.68. The molecule has 0 N–H and O–H groups in total. The van der Waals surface area contributed by atoms with Crippen LogP contribution in [0.15, 0.2) is 11.7 Å². The molecule has 0 radical (unpaired) electrons. The molecule has 1 aromatic heterocycles. The number of hydroxylamine groups is 2. The van der Waals surface area contributed by atoms with Crippen LogP contribution in [-0.2, 0) is 11.4 Å². The van der Waals surface area contributed by atoms with Crippen LogP contribution in [0.1, 0.15) is 10.6 Å². The second-order valence-electron chi connectivity index (χ2n) is 2.23. The average molecular weight is 168 g/mol. The summed E-state index contributed by atoms with van der Waals surface area (Å²) < 4.78 is 0. The van der Waals surface area contributed by atoms with Gasteiger partial charge < -0.3 is 0 Å². The predicted molar refractivity (Wildman–Crippen MR) is 43.7 cm³/mol. The van der Waals surface area contributed by atoms with Crippen LogP contribution >= 0.6 is 11.3 Å². The quantitative estimate of drug-likeness (QED) is 0.635. The fourth-order valence-corrected chi connectivity index (χ4v) is 1.74. The van der Waals surface area contributed by atoms with E-state index in [9.17, 15) is 0 Å². The molecule has 58 valence electrons. The molecule has 1 aliphatic rings. The zero-order valence-corrected chi connectivity index (χ0v) is 6.97. The van der Waals surface area contributed by atoms with Gasteiger partial charge in [-0.3, -0.25) is 9.90 Å². The fraction of sp³-hybridized carbons (Fsp3) is 0.286. The molecule has 0 saturated carbocycles. The van der Waals surface area contributed by atoms with Crippen LogP contribution in [0.3, 0.4) is 0 Å². The van der Waals surface area contributed by atoms with E-state index >= 15 is 0 Å². The van der Waals surface area contributed by atoms with Gasteiger partial charge in [0.05, 0.1) is 29.7 Å². The molecule has 0 saturated heterocycles. The molecule has 0 atom stereocenters. The Hall–Kier alpha value is -0.870. The van der Waals surface area contributed by atoms with Gasteiger partial charge >= 0.3 is 0 Å². The summed E-state index contributed by atoms with van der Waals surface area (Å²) in [6.07, 6.45) is 3.85. The highest BCUT2D eigenvalue weighted by molar-refractivity contribution is 7.09. The Morgan fingerprint density at radius 3 is 3.45 bits per heavy atom. The van der Waals surface area contributed by atoms with Crippen molar-refractivity contribution in [2.24, 2.45) is 0 Å². The maximum absolute atomic E-state index is 5.04. The number of fused-ring (bicyclic) bond motifs is 1. The summed E-state index contributed by atoms with van der Waals surface area (Å²) >= 11 is 1.66. The van der Waals surface area contributed by atoms with E-state index in [4.69, 9.17) is 4.84 Å². The summed E-state index contributed by atoms with van der Waals surface area (Å²) in [4.78, 5) is 10.5. The molecular weight excluding hydrogens is 160 g/mol. The Morgan fingerprint density at radius 2 is 2.64 bits per heavy atom. The number of hydrogen-bond acceptors (Lipinski definition) is 4. The minimum Gasteiger partial charge on any atom is -0.277 e. The summed E-state index contributed by atoms with van der Waals surface area (Å²) in [6.45, 7) is 0.812. The first kappa shape index (κ1) is 6.82. The lowest BCUT2D eigenvalue weighted by molar-refractivity contribution is -0.0947. The smallest absolute Gasteiger partial charge is 0.0814 e. The molecule has 0 aliphatic carbocycles. The van der Waals surface area contributed by atoms with E-state index in [1.807, 2.05) is 17.8 Å². The molecule has 3 nitrogen and oxygen atoms in total. The molecule has 11 heavy (non-hydrogen) atoms. The molecule has 0 aromatic carbocycles. The third kappa shape index (κ3) is 1.15. The fourth-order valence-electron chi connectivity index (χ4n) is 1.01. The van der Waals surface area contributed by atoms with Crippen molar-refractivity contribution >= 4 is 17.4 Å². The van der Waals surface area contributed by atoms with Gasteiger partial charge in [-0.2, -0.15) is 0 Å². The normalized spacial score (nSPS) is 15.2. The van der Waals surface area contributed by atoms with Gasteiger partial charge in [-0.05, 0) is 6.08 Å². The van der Waals surface area contributed by atoms with Crippen LogP contribution in [0.2, 0.25) is 0 Å². The van der Waals surface area contributed by atoms with Crippen molar-refractivity contribution in [2.45, 2.75) is 6.54 Å². The first-order chi connectivity index (χ1) is 5.40. The molecule has 4 heteroatoms. The Labute approximate surface area is 68.9 Å². The minimum atomic E-state index is 0.812. The van der Waals surface area contributed by atoms with E-state index < -0.39 is 0 Å². The second kappa shape index (κ2) is 2.64. The van der Waals surface area contributed by atoms with Crippen LogP contribution in [0.4, 0.5) is 0 Å². The van der Waals surface area contributed by atoms with E-state index in [1.54, 1.807) is 23.5 Å². The summed E-state index contributed by atoms with van der Waals surface area (Å²) in [5.41, 5.74) is 2.93. The van der Waals surface area contributed by atoms with Gasteiger partial charge in [0.2, 0.25) is 0 Å². The average Bonchev–Trinajstić information content (AvgIpc) is 2.50. The van der Waals surface area contributed by atoms with Crippen LogP contribution in [0.25, 0.3) is 6.08 Å². The van der Waals surface area contributed by atoms with Crippen LogP contribution in [-0.4, -0.2) is 17.2 Å². The van der Waals surface area contributed by atoms with Crippen LogP contribution < -0.4 is 0 Å². The third-order valence-corrected chi connectivity index (χ3v) is 2.44. The lowest BCUT2D eigenvalue weighted by Crippen LogP contribution is -2.17. The number of thiazole rings is 1. The van der Waals surface area contributed by atoms with Gasteiger partial charge in [-0.15, -0.1) is 11.3 Å². The molecule has 2 rings (SSSR count). The summed E-state index contributed by atoms with van der Waals surface area (Å²) in [6, 6.07) is 0. The maximum Gasteiger partial charge on any atom is 0.0814 e. The van der Waals surface area contributed by atoms with E-state index in [2.05, 4.69) is 4.98 Å². The van der Waals surface area contributed by atoms with Crippen molar-refractivity contribution in [2.75, 3.05) is 7.11 Å². The highest BCUT2D eigenvalue weighted by atomic mass is 32.1. The lowest BCUT2D eigenvalue weighted by Gasteiger charge is -2.19. The van der Waals surface area contributed by atoms with E-state index in [1.165, 1.54) is 4.88 Å². The van der Waals surface area contributed by atoms with Crippen LogP contribution in [0, 0.1) is 0 Å². The summed E-state index contributed by atoms with van der Waals surface area (Å²) in [5.74, 6) is 0. The van der Waals surface area contributed by atoms with Gasteiger partial charge in [0.15, 0.2) is 0 Å². The lowest BCUT2D eigenvalue weighted by atomic mass is 10.3. The molecule has 0 unspecified atom stereocenters. The number of nitrogens with zero attached hydrogens (tertiary/aromatic N) is 2. The monoisotopic (exact) mass is 168 g/mol. The van der Waals surface area contributed by atoms with Crippen molar-refractivity contribution in [1.29, 1.82) is 0 Å². The summed E-state index contributed by atoms with van der Waals surface area (Å²) in [7, 11) is 1.66. The van der Waals surface area contributed by atoms with E-state index in [0.717, 1.165) is 12.2 Å². The van der Waals surface area contributed by atoms with E-state index in [-0.39, 0.29) is 0 Å². The van der Waals surface area contributed by atoms with Gasteiger partial charge in [0.25, 0.3) is 0 Å². The van der Waals surface area contributed by atoms with Crippen molar-refractivity contribution in [3.63, 3.8) is 0 Å². The molecule has 1 aliphatic heterocycles. The van der Waals surface area contributed by atoms with Crippen molar-refractivity contribution in [3.8, 4) is 0 Å². The minimum absolute atomic E-state index is 0.812. The Balaban J connectivity index is 2.29. The van der Waals surface area contributed by atoms with Crippen molar-refractivity contribution in [1.82, 2.24) is 10.0 Å². The predicted octanol–water partition coefficient (Wildman–Crippen LogP) is 1.49. The Morgan fingerprint density at radius 1 is 1.73 bits per heavy atom. The standard InChI is InChI=1S/C7H8N2OS/c1-10-9-3-2-6-7(4-9)11-5-8-6/h2-3,5H,4H2,1H3. The molecule has 0 bridgehead atoms.